The second-order valence-corrected chi connectivity index (χ2v) is 12.3. The summed E-state index contributed by atoms with van der Waals surface area (Å²) in [4.78, 5) is 95.3. The molecule has 4 aliphatic rings. The number of ether oxygens (including phenoxy) is 1. The molecule has 48 heavy (non-hydrogen) atoms. The van der Waals surface area contributed by atoms with Gasteiger partial charge in [0.2, 0.25) is 5.91 Å². The van der Waals surface area contributed by atoms with Crippen molar-refractivity contribution in [2.75, 3.05) is 52.4 Å². The summed E-state index contributed by atoms with van der Waals surface area (Å²) in [5.74, 6) is -3.30. The number of likely N-dealkylation sites (tertiary alicyclic amines) is 1. The molecule has 0 spiro atoms. The van der Waals surface area contributed by atoms with Crippen LogP contribution in [0.15, 0.2) is 66.4 Å². The van der Waals surface area contributed by atoms with E-state index in [0.29, 0.717) is 43.9 Å². The van der Waals surface area contributed by atoms with Crippen LogP contribution in [0, 0.1) is 0 Å². The zero-order chi connectivity index (χ0) is 33.8. The highest BCUT2D eigenvalue weighted by atomic mass is 16.6. The SMILES string of the molecule is O=C1CC(c2ccccc2)CC(=O)C1=CNCCN1CCN(CCOC(=O)N2C(=O)CCC(N3C(=O)c4ccccc4C3=O)C2=O)CC1. The molecule has 0 radical (unpaired) electrons. The second-order valence-electron chi connectivity index (χ2n) is 12.3. The standard InChI is InChI=1S/C35H37N5O8/c41-29-20-24(23-6-2-1-3-7-23)21-30(42)27(29)22-36-12-13-37-14-16-38(17-15-37)18-19-48-35(47)40-31(43)11-10-28(34(40)46)39-32(44)25-8-4-5-9-26(25)33(39)45/h1-9,22,24,28,36H,10-21H2. The van der Waals surface area contributed by atoms with Crippen molar-refractivity contribution in [1.29, 1.82) is 0 Å². The van der Waals surface area contributed by atoms with Crippen LogP contribution in [0.5, 0.6) is 0 Å². The largest absolute Gasteiger partial charge is 0.447 e. The van der Waals surface area contributed by atoms with Gasteiger partial charge in [-0.3, -0.25) is 43.5 Å². The first-order chi connectivity index (χ1) is 23.2. The number of carbonyl (C=O) groups is 7. The minimum Gasteiger partial charge on any atom is -0.447 e. The summed E-state index contributed by atoms with van der Waals surface area (Å²) >= 11 is 0. The van der Waals surface area contributed by atoms with Gasteiger partial charge >= 0.3 is 6.09 Å². The van der Waals surface area contributed by atoms with Gasteiger partial charge in [-0.1, -0.05) is 42.5 Å². The number of fused-ring (bicyclic) bond motifs is 1. The molecule has 0 bridgehead atoms. The molecule has 3 fully saturated rings. The van der Waals surface area contributed by atoms with Crippen LogP contribution in [-0.4, -0.2) is 119 Å². The van der Waals surface area contributed by atoms with E-state index in [9.17, 15) is 33.6 Å². The van der Waals surface area contributed by atoms with E-state index >= 15 is 0 Å². The third kappa shape index (κ3) is 6.83. The third-order valence-electron chi connectivity index (χ3n) is 9.36. The van der Waals surface area contributed by atoms with Crippen LogP contribution in [0.25, 0.3) is 0 Å². The fraction of sp³-hybridized carbons (Fsp3) is 0.400. The Balaban J connectivity index is 0.903. The zero-order valence-corrected chi connectivity index (χ0v) is 26.5. The number of rotatable bonds is 9. The van der Waals surface area contributed by atoms with Crippen LogP contribution in [-0.2, 0) is 23.9 Å². The molecule has 1 atom stereocenters. The lowest BCUT2D eigenvalue weighted by Crippen LogP contribution is -2.58. The second kappa shape index (κ2) is 14.4. The molecular formula is C35H37N5O8. The number of hydrogen-bond acceptors (Lipinski definition) is 11. The van der Waals surface area contributed by atoms with E-state index in [1.807, 2.05) is 30.3 Å². The van der Waals surface area contributed by atoms with Gasteiger partial charge in [0.15, 0.2) is 11.6 Å². The Labute approximate surface area is 277 Å². The van der Waals surface area contributed by atoms with Gasteiger partial charge in [-0.2, -0.15) is 4.90 Å². The van der Waals surface area contributed by atoms with E-state index in [0.717, 1.165) is 30.1 Å². The predicted molar refractivity (Wildman–Crippen MR) is 171 cm³/mol. The van der Waals surface area contributed by atoms with Crippen LogP contribution in [0.1, 0.15) is 57.9 Å². The van der Waals surface area contributed by atoms with Gasteiger partial charge in [-0.25, -0.2) is 4.79 Å². The van der Waals surface area contributed by atoms with Crippen molar-refractivity contribution in [3.05, 3.63) is 83.1 Å². The number of amides is 5. The zero-order valence-electron chi connectivity index (χ0n) is 26.5. The van der Waals surface area contributed by atoms with Crippen molar-refractivity contribution in [2.24, 2.45) is 0 Å². The number of nitrogens with one attached hydrogen (secondary N) is 1. The van der Waals surface area contributed by atoms with E-state index in [4.69, 9.17) is 4.74 Å². The Hall–Kier alpha value is -5.01. The number of piperazine rings is 1. The lowest BCUT2D eigenvalue weighted by Gasteiger charge is -2.35. The third-order valence-corrected chi connectivity index (χ3v) is 9.36. The minimum absolute atomic E-state index is 0.0457. The lowest BCUT2D eigenvalue weighted by molar-refractivity contribution is -0.149. The van der Waals surface area contributed by atoms with Gasteiger partial charge in [0.05, 0.1) is 16.7 Å². The molecular weight excluding hydrogens is 618 g/mol. The maximum atomic E-state index is 13.2. The summed E-state index contributed by atoms with van der Waals surface area (Å²) in [6.07, 6.45) is 0.833. The van der Waals surface area contributed by atoms with Crippen LogP contribution in [0.2, 0.25) is 0 Å². The first-order valence-corrected chi connectivity index (χ1v) is 16.2. The maximum Gasteiger partial charge on any atom is 0.423 e. The molecule has 1 unspecified atom stereocenters. The van der Waals surface area contributed by atoms with Crippen LogP contribution in [0.3, 0.4) is 0 Å². The average Bonchev–Trinajstić information content (AvgIpc) is 3.34. The molecule has 0 aromatic heterocycles. The van der Waals surface area contributed by atoms with E-state index in [2.05, 4.69) is 15.1 Å². The topological polar surface area (TPSA) is 154 Å². The number of Topliss-reactive ketones (excluding diaryl/α,β-unsaturated/α-hetero) is 2. The van der Waals surface area contributed by atoms with Crippen molar-refractivity contribution in [2.45, 2.75) is 37.6 Å². The molecule has 2 aromatic carbocycles. The molecule has 3 aliphatic heterocycles. The Morgan fingerprint density at radius 3 is 2.00 bits per heavy atom. The van der Waals surface area contributed by atoms with E-state index in [-0.39, 0.29) is 53.6 Å². The molecule has 250 valence electrons. The monoisotopic (exact) mass is 655 g/mol. The van der Waals surface area contributed by atoms with Crippen LogP contribution in [0.4, 0.5) is 4.79 Å². The number of piperidine rings is 1. The molecule has 1 saturated carbocycles. The molecule has 13 heteroatoms. The number of hydrogen-bond donors (Lipinski definition) is 1. The summed E-state index contributed by atoms with van der Waals surface area (Å²) < 4.78 is 5.29. The maximum absolute atomic E-state index is 13.2. The van der Waals surface area contributed by atoms with Crippen molar-refractivity contribution in [3.63, 3.8) is 0 Å². The van der Waals surface area contributed by atoms with Crippen LogP contribution >= 0.6 is 0 Å². The summed E-state index contributed by atoms with van der Waals surface area (Å²) in [5, 5.41) is 3.13. The highest BCUT2D eigenvalue weighted by molar-refractivity contribution is 6.24. The fourth-order valence-corrected chi connectivity index (χ4v) is 6.67. The van der Waals surface area contributed by atoms with Gasteiger partial charge < -0.3 is 10.1 Å². The summed E-state index contributed by atoms with van der Waals surface area (Å²) in [7, 11) is 0. The highest BCUT2D eigenvalue weighted by Gasteiger charge is 2.49. The van der Waals surface area contributed by atoms with Crippen molar-refractivity contribution in [3.8, 4) is 0 Å². The molecule has 2 aromatic rings. The fourth-order valence-electron chi connectivity index (χ4n) is 6.67. The van der Waals surface area contributed by atoms with Gasteiger partial charge in [0, 0.05) is 71.3 Å². The molecule has 6 rings (SSSR count). The van der Waals surface area contributed by atoms with E-state index in [1.165, 1.54) is 12.1 Å². The molecule has 2 saturated heterocycles. The Kier molecular flexibility index (Phi) is 9.88. The lowest BCUT2D eigenvalue weighted by atomic mass is 9.80. The number of benzene rings is 2. The normalized spacial score (nSPS) is 22.3. The molecule has 1 N–H and O–H groups in total. The minimum atomic E-state index is -1.27. The molecule has 13 nitrogen and oxygen atoms in total. The quantitative estimate of drug-likeness (QED) is 0.182. The van der Waals surface area contributed by atoms with Gasteiger partial charge in [-0.15, -0.1) is 0 Å². The van der Waals surface area contributed by atoms with Gasteiger partial charge in [0.1, 0.15) is 12.6 Å². The first kappa shape index (κ1) is 32.9. The van der Waals surface area contributed by atoms with Crippen molar-refractivity contribution < 1.29 is 38.3 Å². The van der Waals surface area contributed by atoms with Crippen molar-refractivity contribution in [1.82, 2.24) is 24.9 Å². The number of allylic oxidation sites excluding steroid dienone is 1. The van der Waals surface area contributed by atoms with E-state index < -0.39 is 35.8 Å². The molecule has 1 aliphatic carbocycles. The Bertz CT molecular complexity index is 1610. The van der Waals surface area contributed by atoms with Crippen molar-refractivity contribution >= 4 is 41.3 Å². The highest BCUT2D eigenvalue weighted by Crippen LogP contribution is 2.31. The Morgan fingerprint density at radius 1 is 0.792 bits per heavy atom. The smallest absolute Gasteiger partial charge is 0.423 e. The molecule has 5 amide bonds. The number of imide groups is 4. The number of nitrogens with zero attached hydrogens (tertiary/aromatic N) is 4. The Morgan fingerprint density at radius 2 is 1.38 bits per heavy atom. The number of carbonyl (C=O) groups excluding carboxylic acids is 7. The van der Waals surface area contributed by atoms with Crippen LogP contribution < -0.4 is 5.32 Å². The van der Waals surface area contributed by atoms with Gasteiger partial charge in [-0.05, 0) is 30.0 Å². The number of ketones is 2. The molecule has 3 heterocycles. The summed E-state index contributed by atoms with van der Waals surface area (Å²) in [5.41, 5.74) is 1.60. The van der Waals surface area contributed by atoms with Gasteiger partial charge in [0.25, 0.3) is 17.7 Å². The summed E-state index contributed by atoms with van der Waals surface area (Å²) in [6.45, 7) is 4.58. The van der Waals surface area contributed by atoms with E-state index in [1.54, 1.807) is 18.3 Å². The average molecular weight is 656 g/mol. The summed E-state index contributed by atoms with van der Waals surface area (Å²) in [6, 6.07) is 14.6. The first-order valence-electron chi connectivity index (χ1n) is 16.2. The predicted octanol–water partition coefficient (Wildman–Crippen LogP) is 1.74.